The van der Waals surface area contributed by atoms with Crippen LogP contribution < -0.4 is 16.0 Å². The van der Waals surface area contributed by atoms with Crippen molar-refractivity contribution in [3.05, 3.63) is 56.2 Å². The molecule has 43 heavy (non-hydrogen) atoms. The van der Waals surface area contributed by atoms with Crippen molar-refractivity contribution in [1.82, 2.24) is 26.0 Å². The van der Waals surface area contributed by atoms with E-state index in [0.717, 1.165) is 9.89 Å². The standard InChI is InChI=1S/C28H31Cl2N5O7S/c1-16(22(36)15-42-27(40)24-18(29)6-2-7-19(24)30)32-25(38)21-8-3-13-34-23(37)10-9-20(26(39)35(21)34)33-28(41)31-12-11-17-5-4-14-43-17/h2,4-7,14,16,20-21H,3,8-13,15H2,1H3,(H,32,38)(H2,31,33,41)/t16-,20?,21-/m0/s1. The Hall–Kier alpha value is -3.68. The van der Waals surface area contributed by atoms with Crippen LogP contribution >= 0.6 is 34.5 Å². The zero-order valence-electron chi connectivity index (χ0n) is 23.3. The number of esters is 1. The second-order valence-corrected chi connectivity index (χ2v) is 11.9. The summed E-state index contributed by atoms with van der Waals surface area (Å²) >= 11 is 13.6. The van der Waals surface area contributed by atoms with Gasteiger partial charge in [-0.3, -0.25) is 24.2 Å². The molecule has 3 heterocycles. The van der Waals surface area contributed by atoms with E-state index in [9.17, 15) is 28.8 Å². The first kappa shape index (κ1) is 32.2. The molecule has 12 nitrogen and oxygen atoms in total. The van der Waals surface area contributed by atoms with Gasteiger partial charge in [-0.15, -0.1) is 11.3 Å². The molecule has 4 rings (SSSR count). The maximum Gasteiger partial charge on any atom is 0.341 e. The number of carbonyl (C=O) groups is 6. The smallest absolute Gasteiger partial charge is 0.341 e. The highest BCUT2D eigenvalue weighted by Gasteiger charge is 2.45. The molecule has 3 N–H and O–H groups in total. The van der Waals surface area contributed by atoms with Crippen molar-refractivity contribution in [3.63, 3.8) is 0 Å². The van der Waals surface area contributed by atoms with E-state index in [2.05, 4.69) is 16.0 Å². The fourth-order valence-electron chi connectivity index (χ4n) is 4.79. The van der Waals surface area contributed by atoms with Crippen molar-refractivity contribution >= 4 is 70.0 Å². The van der Waals surface area contributed by atoms with Gasteiger partial charge < -0.3 is 20.7 Å². The van der Waals surface area contributed by atoms with Crippen LogP contribution in [0.1, 0.15) is 47.8 Å². The summed E-state index contributed by atoms with van der Waals surface area (Å²) in [5.41, 5.74) is -0.0821. The largest absolute Gasteiger partial charge is 0.454 e. The molecule has 0 aliphatic carbocycles. The maximum atomic E-state index is 13.6. The number of ketones is 1. The summed E-state index contributed by atoms with van der Waals surface area (Å²) in [5, 5.41) is 12.3. The summed E-state index contributed by atoms with van der Waals surface area (Å²) in [5.74, 6) is -3.11. The number of ether oxygens (including phenoxy) is 1. The topological polar surface area (TPSA) is 154 Å². The van der Waals surface area contributed by atoms with Gasteiger partial charge in [0.15, 0.2) is 12.4 Å². The third kappa shape index (κ3) is 8.03. The van der Waals surface area contributed by atoms with Crippen LogP contribution in [0.2, 0.25) is 10.0 Å². The molecule has 3 atom stereocenters. The van der Waals surface area contributed by atoms with E-state index in [4.69, 9.17) is 27.9 Å². The van der Waals surface area contributed by atoms with Gasteiger partial charge in [-0.2, -0.15) is 0 Å². The average Bonchev–Trinajstić information content (AvgIpc) is 3.46. The molecule has 0 bridgehead atoms. The lowest BCUT2D eigenvalue weighted by Crippen LogP contribution is -2.64. The number of Topliss-reactive ketones (excluding diaryl/α,β-unsaturated/α-hetero) is 1. The molecular formula is C28H31Cl2N5O7S. The summed E-state index contributed by atoms with van der Waals surface area (Å²) < 4.78 is 5.06. The third-order valence-electron chi connectivity index (χ3n) is 7.06. The van der Waals surface area contributed by atoms with Gasteiger partial charge >= 0.3 is 12.0 Å². The van der Waals surface area contributed by atoms with Crippen LogP contribution in [-0.2, 0) is 30.3 Å². The Bertz CT molecular complexity index is 1370. The Labute approximate surface area is 262 Å². The van der Waals surface area contributed by atoms with Gasteiger partial charge in [0.05, 0.1) is 21.7 Å². The molecule has 2 fully saturated rings. The SMILES string of the molecule is C[C@H](NC(=O)[C@@H]1CCCN2C(=O)CCC(NC(=O)NCCc3cccs3)C(=O)N12)C(=O)COC(=O)c1c(Cl)cccc1Cl. The molecule has 0 radical (unpaired) electrons. The zero-order chi connectivity index (χ0) is 31.1. The Morgan fingerprint density at radius 2 is 1.84 bits per heavy atom. The van der Waals surface area contributed by atoms with Crippen LogP contribution in [0.4, 0.5) is 4.79 Å². The van der Waals surface area contributed by atoms with Crippen LogP contribution in [0.25, 0.3) is 0 Å². The van der Waals surface area contributed by atoms with Gasteiger partial charge in [-0.05, 0) is 56.2 Å². The van der Waals surface area contributed by atoms with E-state index in [1.54, 1.807) is 17.4 Å². The molecule has 2 aromatic rings. The third-order valence-corrected chi connectivity index (χ3v) is 8.63. The van der Waals surface area contributed by atoms with Gasteiger partial charge in [-0.1, -0.05) is 35.3 Å². The number of hydrogen-bond acceptors (Lipinski definition) is 8. The first-order valence-electron chi connectivity index (χ1n) is 13.7. The number of nitrogens with one attached hydrogen (secondary N) is 3. The fourth-order valence-corrected chi connectivity index (χ4v) is 6.05. The van der Waals surface area contributed by atoms with E-state index in [1.807, 2.05) is 17.5 Å². The van der Waals surface area contributed by atoms with Crippen molar-refractivity contribution in [2.45, 2.75) is 57.2 Å². The summed E-state index contributed by atoms with van der Waals surface area (Å²) in [6.07, 6.45) is 1.41. The number of rotatable bonds is 10. The van der Waals surface area contributed by atoms with Crippen LogP contribution in [-0.4, -0.2) is 83.3 Å². The highest BCUT2D eigenvalue weighted by Crippen LogP contribution is 2.26. The predicted octanol–water partition coefficient (Wildman–Crippen LogP) is 2.72. The number of amides is 5. The van der Waals surface area contributed by atoms with E-state index < -0.39 is 54.3 Å². The monoisotopic (exact) mass is 651 g/mol. The van der Waals surface area contributed by atoms with Gasteiger partial charge in [0, 0.05) is 24.4 Å². The number of halogens is 2. The molecule has 1 aromatic heterocycles. The molecule has 230 valence electrons. The number of hydrogen-bond donors (Lipinski definition) is 3. The van der Waals surface area contributed by atoms with E-state index >= 15 is 0 Å². The molecule has 5 amide bonds. The molecule has 1 unspecified atom stereocenters. The molecule has 2 aliphatic heterocycles. The van der Waals surface area contributed by atoms with Crippen molar-refractivity contribution in [3.8, 4) is 0 Å². The average molecular weight is 653 g/mol. The Morgan fingerprint density at radius 1 is 1.09 bits per heavy atom. The molecular weight excluding hydrogens is 621 g/mol. The normalized spacial score (nSPS) is 19.1. The van der Waals surface area contributed by atoms with E-state index in [-0.39, 0.29) is 47.3 Å². The Kier molecular flexibility index (Phi) is 11.0. The molecule has 0 spiro atoms. The molecule has 0 saturated carbocycles. The summed E-state index contributed by atoms with van der Waals surface area (Å²) in [6.45, 7) is 1.35. The van der Waals surface area contributed by atoms with Gasteiger partial charge in [0.1, 0.15) is 12.1 Å². The highest BCUT2D eigenvalue weighted by molar-refractivity contribution is 7.09. The molecule has 1 aromatic carbocycles. The quantitative estimate of drug-likeness (QED) is 0.334. The highest BCUT2D eigenvalue weighted by atomic mass is 35.5. The number of hydrazine groups is 1. The number of thiophene rings is 1. The number of fused-ring (bicyclic) bond motifs is 1. The molecule has 2 saturated heterocycles. The number of urea groups is 1. The zero-order valence-corrected chi connectivity index (χ0v) is 25.6. The minimum atomic E-state index is -1.09. The fraction of sp³-hybridized carbons (Fsp3) is 0.429. The maximum absolute atomic E-state index is 13.6. The van der Waals surface area contributed by atoms with Crippen LogP contribution in [0.5, 0.6) is 0 Å². The van der Waals surface area contributed by atoms with Crippen molar-refractivity contribution in [1.29, 1.82) is 0 Å². The summed E-state index contributed by atoms with van der Waals surface area (Å²) in [6, 6.07) is 4.58. The summed E-state index contributed by atoms with van der Waals surface area (Å²) in [7, 11) is 0. The van der Waals surface area contributed by atoms with E-state index in [0.29, 0.717) is 19.4 Å². The first-order chi connectivity index (χ1) is 20.6. The predicted molar refractivity (Wildman–Crippen MR) is 159 cm³/mol. The number of carbonyl (C=O) groups excluding carboxylic acids is 6. The van der Waals surface area contributed by atoms with Crippen LogP contribution in [0, 0.1) is 0 Å². The van der Waals surface area contributed by atoms with E-state index in [1.165, 1.54) is 24.1 Å². The lowest BCUT2D eigenvalue weighted by Gasteiger charge is -2.43. The minimum Gasteiger partial charge on any atom is -0.454 e. The lowest BCUT2D eigenvalue weighted by atomic mass is 10.0. The van der Waals surface area contributed by atoms with Gasteiger partial charge in [0.25, 0.3) is 5.91 Å². The van der Waals surface area contributed by atoms with Crippen LogP contribution in [0.15, 0.2) is 35.7 Å². The van der Waals surface area contributed by atoms with Gasteiger partial charge in [0.2, 0.25) is 11.8 Å². The molecule has 15 heteroatoms. The first-order valence-corrected chi connectivity index (χ1v) is 15.3. The molecule has 2 aliphatic rings. The van der Waals surface area contributed by atoms with Crippen molar-refractivity contribution in [2.24, 2.45) is 0 Å². The van der Waals surface area contributed by atoms with Gasteiger partial charge in [-0.25, -0.2) is 14.6 Å². The van der Waals surface area contributed by atoms with Crippen LogP contribution in [0.3, 0.4) is 0 Å². The summed E-state index contributed by atoms with van der Waals surface area (Å²) in [4.78, 5) is 78.6. The Morgan fingerprint density at radius 3 is 2.53 bits per heavy atom. The lowest BCUT2D eigenvalue weighted by molar-refractivity contribution is -0.176. The second-order valence-electron chi connectivity index (χ2n) is 10.0. The minimum absolute atomic E-state index is 0.00637. The second kappa shape index (κ2) is 14.7. The number of nitrogens with zero attached hydrogens (tertiary/aromatic N) is 2. The van der Waals surface area contributed by atoms with Crippen molar-refractivity contribution < 1.29 is 33.5 Å². The van der Waals surface area contributed by atoms with Crippen molar-refractivity contribution in [2.75, 3.05) is 19.7 Å². The Balaban J connectivity index is 1.35. The number of benzene rings is 1.